The molecule has 0 aliphatic heterocycles. The lowest BCUT2D eigenvalue weighted by Crippen LogP contribution is -1.84. The largest absolute Gasteiger partial charge is 0.261 e. The van der Waals surface area contributed by atoms with Gasteiger partial charge in [-0.3, -0.25) is 4.98 Å². The SMILES string of the molecule is CC.CC(C)c1ccc(Br)cc1.Cc1cccnc1C. The first-order valence-corrected chi connectivity index (χ1v) is 7.93. The zero-order valence-electron chi connectivity index (χ0n) is 13.4. The second-order valence-electron chi connectivity index (χ2n) is 4.61. The van der Waals surface area contributed by atoms with Crippen molar-refractivity contribution in [3.8, 4) is 0 Å². The highest BCUT2D eigenvalue weighted by Crippen LogP contribution is 2.17. The van der Waals surface area contributed by atoms with Crippen molar-refractivity contribution in [3.63, 3.8) is 0 Å². The molecular weight excluding hydrogens is 310 g/mol. The van der Waals surface area contributed by atoms with Gasteiger partial charge in [0.1, 0.15) is 0 Å². The maximum absolute atomic E-state index is 4.08. The third kappa shape index (κ3) is 7.44. The quantitative estimate of drug-likeness (QED) is 0.596. The lowest BCUT2D eigenvalue weighted by atomic mass is 10.0. The number of halogens is 1. The first-order chi connectivity index (χ1) is 9.50. The highest BCUT2D eigenvalue weighted by atomic mass is 79.9. The van der Waals surface area contributed by atoms with Gasteiger partial charge >= 0.3 is 0 Å². The van der Waals surface area contributed by atoms with Gasteiger partial charge in [0.15, 0.2) is 0 Å². The molecule has 0 aliphatic carbocycles. The van der Waals surface area contributed by atoms with E-state index >= 15 is 0 Å². The third-order valence-electron chi connectivity index (χ3n) is 2.81. The molecule has 2 heteroatoms. The maximum Gasteiger partial charge on any atom is 0.0401 e. The van der Waals surface area contributed by atoms with Gasteiger partial charge in [-0.05, 0) is 49.1 Å². The summed E-state index contributed by atoms with van der Waals surface area (Å²) in [6.07, 6.45) is 1.81. The molecule has 0 N–H and O–H groups in total. The van der Waals surface area contributed by atoms with Gasteiger partial charge in [0.05, 0.1) is 0 Å². The average Bonchev–Trinajstić information content (AvgIpc) is 2.45. The first-order valence-electron chi connectivity index (χ1n) is 7.14. The molecule has 0 radical (unpaired) electrons. The molecule has 20 heavy (non-hydrogen) atoms. The lowest BCUT2D eigenvalue weighted by Gasteiger charge is -2.03. The molecule has 0 spiro atoms. The summed E-state index contributed by atoms with van der Waals surface area (Å²) in [5, 5.41) is 0. The van der Waals surface area contributed by atoms with Crippen LogP contribution < -0.4 is 0 Å². The van der Waals surface area contributed by atoms with E-state index in [1.807, 2.05) is 33.0 Å². The van der Waals surface area contributed by atoms with E-state index in [1.54, 1.807) is 0 Å². The fraction of sp³-hybridized carbons (Fsp3) is 0.389. The minimum absolute atomic E-state index is 0.632. The molecule has 0 unspecified atom stereocenters. The van der Waals surface area contributed by atoms with Crippen LogP contribution in [0.25, 0.3) is 0 Å². The standard InChI is InChI=1S/C9H11Br.C7H9N.C2H6/c1-7(2)8-3-5-9(10)6-4-8;1-6-4-3-5-8-7(6)2;1-2/h3-7H,1-2H3;3-5H,1-2H3;1-2H3. The number of aryl methyl sites for hydroxylation is 2. The highest BCUT2D eigenvalue weighted by Gasteiger charge is 1.95. The lowest BCUT2D eigenvalue weighted by molar-refractivity contribution is 0.866. The molecule has 0 fully saturated rings. The van der Waals surface area contributed by atoms with Gasteiger partial charge in [-0.1, -0.05) is 61.8 Å². The topological polar surface area (TPSA) is 12.9 Å². The summed E-state index contributed by atoms with van der Waals surface area (Å²) in [5.41, 5.74) is 3.77. The monoisotopic (exact) mass is 335 g/mol. The van der Waals surface area contributed by atoms with E-state index in [1.165, 1.54) is 11.1 Å². The van der Waals surface area contributed by atoms with Crippen molar-refractivity contribution in [1.82, 2.24) is 4.98 Å². The number of pyridine rings is 1. The summed E-state index contributed by atoms with van der Waals surface area (Å²) in [6.45, 7) is 12.5. The van der Waals surface area contributed by atoms with Crippen LogP contribution in [0.2, 0.25) is 0 Å². The Hall–Kier alpha value is -1.15. The van der Waals surface area contributed by atoms with Crippen LogP contribution in [0.5, 0.6) is 0 Å². The van der Waals surface area contributed by atoms with E-state index in [0.29, 0.717) is 5.92 Å². The summed E-state index contributed by atoms with van der Waals surface area (Å²) < 4.78 is 1.15. The van der Waals surface area contributed by atoms with E-state index < -0.39 is 0 Å². The van der Waals surface area contributed by atoms with Crippen molar-refractivity contribution in [2.45, 2.75) is 47.5 Å². The molecule has 0 atom stereocenters. The molecule has 110 valence electrons. The minimum Gasteiger partial charge on any atom is -0.261 e. The summed E-state index contributed by atoms with van der Waals surface area (Å²) in [7, 11) is 0. The van der Waals surface area contributed by atoms with Crippen molar-refractivity contribution >= 4 is 15.9 Å². The molecule has 2 rings (SSSR count). The van der Waals surface area contributed by atoms with Crippen LogP contribution in [0.1, 0.15) is 50.4 Å². The minimum atomic E-state index is 0.632. The number of nitrogens with zero attached hydrogens (tertiary/aromatic N) is 1. The Morgan fingerprint density at radius 3 is 1.85 bits per heavy atom. The van der Waals surface area contributed by atoms with Crippen LogP contribution in [0, 0.1) is 13.8 Å². The summed E-state index contributed by atoms with van der Waals surface area (Å²) in [5.74, 6) is 0.632. The predicted molar refractivity (Wildman–Crippen MR) is 93.3 cm³/mol. The number of rotatable bonds is 1. The van der Waals surface area contributed by atoms with E-state index in [4.69, 9.17) is 0 Å². The van der Waals surface area contributed by atoms with Crippen molar-refractivity contribution < 1.29 is 0 Å². The molecule has 0 aliphatic rings. The predicted octanol–water partition coefficient (Wildman–Crippen LogP) is 6.30. The zero-order chi connectivity index (χ0) is 15.5. The molecule has 0 saturated carbocycles. The summed E-state index contributed by atoms with van der Waals surface area (Å²) >= 11 is 3.39. The molecule has 1 aromatic heterocycles. The van der Waals surface area contributed by atoms with E-state index in [0.717, 1.165) is 10.2 Å². The zero-order valence-corrected chi connectivity index (χ0v) is 15.0. The molecule has 1 nitrogen and oxygen atoms in total. The van der Waals surface area contributed by atoms with Gasteiger partial charge < -0.3 is 0 Å². The molecule has 1 heterocycles. The number of aromatic nitrogens is 1. The Labute approximate surface area is 132 Å². The maximum atomic E-state index is 4.08. The summed E-state index contributed by atoms with van der Waals surface area (Å²) in [4.78, 5) is 4.08. The number of hydrogen-bond acceptors (Lipinski definition) is 1. The fourth-order valence-electron chi connectivity index (χ4n) is 1.41. The fourth-order valence-corrected chi connectivity index (χ4v) is 1.68. The second kappa shape index (κ2) is 10.6. The normalized spacial score (nSPS) is 9.20. The molecule has 1 aromatic carbocycles. The molecule has 2 aromatic rings. The van der Waals surface area contributed by atoms with Crippen LogP contribution in [-0.4, -0.2) is 4.98 Å². The molecule has 0 saturated heterocycles. The Bertz CT molecular complexity index is 454. The molecule has 0 amide bonds. The van der Waals surface area contributed by atoms with Crippen molar-refractivity contribution in [2.75, 3.05) is 0 Å². The van der Waals surface area contributed by atoms with Crippen LogP contribution in [0.3, 0.4) is 0 Å². The van der Waals surface area contributed by atoms with Gasteiger partial charge in [0.25, 0.3) is 0 Å². The van der Waals surface area contributed by atoms with Crippen LogP contribution in [0.15, 0.2) is 47.1 Å². The van der Waals surface area contributed by atoms with Gasteiger partial charge in [-0.2, -0.15) is 0 Å². The van der Waals surface area contributed by atoms with Crippen molar-refractivity contribution in [2.24, 2.45) is 0 Å². The average molecular weight is 336 g/mol. The Balaban J connectivity index is 0.000000327. The first kappa shape index (κ1) is 18.9. The van der Waals surface area contributed by atoms with Gasteiger partial charge in [-0.15, -0.1) is 0 Å². The van der Waals surface area contributed by atoms with Crippen LogP contribution >= 0.6 is 15.9 Å². The smallest absolute Gasteiger partial charge is 0.0401 e. The number of benzene rings is 1. The van der Waals surface area contributed by atoms with Gasteiger partial charge in [0.2, 0.25) is 0 Å². The van der Waals surface area contributed by atoms with Crippen LogP contribution in [0.4, 0.5) is 0 Å². The van der Waals surface area contributed by atoms with E-state index in [9.17, 15) is 0 Å². The molecular formula is C18H26BrN. The Morgan fingerprint density at radius 2 is 1.50 bits per heavy atom. The molecule has 0 bridgehead atoms. The number of hydrogen-bond donors (Lipinski definition) is 0. The van der Waals surface area contributed by atoms with Crippen LogP contribution in [-0.2, 0) is 0 Å². The summed E-state index contributed by atoms with van der Waals surface area (Å²) in [6, 6.07) is 12.5. The Morgan fingerprint density at radius 1 is 0.950 bits per heavy atom. The third-order valence-corrected chi connectivity index (χ3v) is 3.34. The van der Waals surface area contributed by atoms with Crippen molar-refractivity contribution in [1.29, 1.82) is 0 Å². The highest BCUT2D eigenvalue weighted by molar-refractivity contribution is 9.10. The second-order valence-corrected chi connectivity index (χ2v) is 5.53. The Kier molecular flexibility index (Phi) is 10.0. The van der Waals surface area contributed by atoms with Crippen molar-refractivity contribution in [3.05, 3.63) is 63.9 Å². The van der Waals surface area contributed by atoms with E-state index in [-0.39, 0.29) is 0 Å². The van der Waals surface area contributed by atoms with Gasteiger partial charge in [-0.25, -0.2) is 0 Å². The van der Waals surface area contributed by atoms with E-state index in [2.05, 4.69) is 72.0 Å². The van der Waals surface area contributed by atoms with Gasteiger partial charge in [0, 0.05) is 16.4 Å².